The van der Waals surface area contributed by atoms with Crippen LogP contribution in [0.1, 0.15) is 206 Å². The molecule has 0 fully saturated rings. The molecule has 0 aliphatic heterocycles. The molecule has 1 unspecified atom stereocenters. The average Bonchev–Trinajstić information content (AvgIpc) is 3.32. The third-order valence-electron chi connectivity index (χ3n) is 10.0. The molecule has 1 aliphatic carbocycles. The first-order valence-electron chi connectivity index (χ1n) is 19.5. The highest BCUT2D eigenvalue weighted by Gasteiger charge is 2.55. The lowest BCUT2D eigenvalue weighted by Crippen LogP contribution is -2.47. The van der Waals surface area contributed by atoms with Gasteiger partial charge in [0.05, 0.1) is 0 Å². The summed E-state index contributed by atoms with van der Waals surface area (Å²) < 4.78 is 0. The number of hydrogen-bond donors (Lipinski definition) is 1. The predicted octanol–water partition coefficient (Wildman–Crippen LogP) is 11.7. The van der Waals surface area contributed by atoms with E-state index in [1.54, 1.807) is 0 Å². The molecule has 1 atom stereocenters. The molecule has 45 heavy (non-hydrogen) atoms. The maximum Gasteiger partial charge on any atom is 0.314 e. The van der Waals surface area contributed by atoms with Crippen LogP contribution in [0.2, 0.25) is 0 Å². The van der Waals surface area contributed by atoms with E-state index < -0.39 is 34.7 Å². The van der Waals surface area contributed by atoms with Gasteiger partial charge in [0.1, 0.15) is 5.92 Å². The number of allylic oxidation sites excluding steroid dienone is 2. The van der Waals surface area contributed by atoms with Crippen LogP contribution in [0.5, 0.6) is 0 Å². The molecule has 1 aliphatic rings. The number of ketones is 3. The van der Waals surface area contributed by atoms with E-state index in [-0.39, 0.29) is 12.8 Å². The van der Waals surface area contributed by atoms with E-state index in [2.05, 4.69) is 13.8 Å². The van der Waals surface area contributed by atoms with Crippen molar-refractivity contribution in [2.45, 2.75) is 206 Å². The molecule has 0 spiro atoms. The zero-order valence-corrected chi connectivity index (χ0v) is 29.5. The quantitative estimate of drug-likeness (QED) is 0.0575. The van der Waals surface area contributed by atoms with Crippen LogP contribution in [0, 0.1) is 11.3 Å². The van der Waals surface area contributed by atoms with E-state index in [1.165, 1.54) is 141 Å². The highest BCUT2D eigenvalue weighted by molar-refractivity contribution is 6.36. The second kappa shape index (κ2) is 27.3. The number of carbonyl (C=O) groups excluding carboxylic acids is 3. The van der Waals surface area contributed by atoms with Crippen molar-refractivity contribution in [1.82, 2.24) is 0 Å². The molecule has 0 saturated heterocycles. The Morgan fingerprint density at radius 1 is 0.511 bits per heavy atom. The van der Waals surface area contributed by atoms with Crippen molar-refractivity contribution in [3.63, 3.8) is 0 Å². The number of unbranched alkanes of at least 4 members (excludes halogenated alkanes) is 26. The number of aliphatic carboxylic acids is 1. The van der Waals surface area contributed by atoms with Crippen LogP contribution < -0.4 is 0 Å². The lowest BCUT2D eigenvalue weighted by atomic mass is 9.70. The van der Waals surface area contributed by atoms with Crippen LogP contribution in [0.25, 0.3) is 0 Å². The maximum atomic E-state index is 13.6. The van der Waals surface area contributed by atoms with Crippen molar-refractivity contribution < 1.29 is 24.3 Å². The largest absolute Gasteiger partial charge is 0.481 e. The molecule has 0 amide bonds. The van der Waals surface area contributed by atoms with E-state index in [1.807, 2.05) is 0 Å². The topological polar surface area (TPSA) is 88.5 Å². The minimum atomic E-state index is -1.81. The lowest BCUT2D eigenvalue weighted by molar-refractivity contribution is -0.153. The highest BCUT2D eigenvalue weighted by Crippen LogP contribution is 2.38. The molecule has 260 valence electrons. The predicted molar refractivity (Wildman–Crippen MR) is 188 cm³/mol. The Labute approximate surface area is 277 Å². The first-order valence-corrected chi connectivity index (χ1v) is 19.5. The van der Waals surface area contributed by atoms with Gasteiger partial charge in [-0.25, -0.2) is 0 Å². The van der Waals surface area contributed by atoms with Crippen molar-refractivity contribution in [2.75, 3.05) is 0 Å². The van der Waals surface area contributed by atoms with Crippen molar-refractivity contribution in [3.05, 3.63) is 12.2 Å². The van der Waals surface area contributed by atoms with Gasteiger partial charge in [0, 0.05) is 0 Å². The van der Waals surface area contributed by atoms with Gasteiger partial charge in [-0.2, -0.15) is 0 Å². The summed E-state index contributed by atoms with van der Waals surface area (Å²) >= 11 is 0. The fourth-order valence-electron chi connectivity index (χ4n) is 6.96. The Morgan fingerprint density at radius 3 is 1.11 bits per heavy atom. The molecule has 0 aromatic rings. The third-order valence-corrected chi connectivity index (χ3v) is 10.0. The Morgan fingerprint density at radius 2 is 0.800 bits per heavy atom. The van der Waals surface area contributed by atoms with E-state index in [9.17, 15) is 24.3 Å². The fourth-order valence-corrected chi connectivity index (χ4v) is 6.96. The van der Waals surface area contributed by atoms with Crippen LogP contribution in [-0.4, -0.2) is 28.4 Å². The van der Waals surface area contributed by atoms with Gasteiger partial charge in [-0.05, 0) is 25.0 Å². The Kier molecular flexibility index (Phi) is 25.1. The molecule has 5 heteroatoms. The minimum absolute atomic E-state index is 0.136. The van der Waals surface area contributed by atoms with Gasteiger partial charge in [0.15, 0.2) is 22.8 Å². The van der Waals surface area contributed by atoms with E-state index in [0.29, 0.717) is 12.8 Å². The Hall–Kier alpha value is -1.78. The third kappa shape index (κ3) is 17.6. The summed E-state index contributed by atoms with van der Waals surface area (Å²) in [6, 6.07) is 0. The Balaban J connectivity index is 2.30. The monoisotopic (exact) mass is 631 g/mol. The van der Waals surface area contributed by atoms with Crippen LogP contribution >= 0.6 is 0 Å². The van der Waals surface area contributed by atoms with Gasteiger partial charge < -0.3 is 5.11 Å². The molecule has 0 bridgehead atoms. The number of carboxylic acids is 1. The number of carbonyl (C=O) groups is 4. The van der Waals surface area contributed by atoms with Gasteiger partial charge in [-0.3, -0.25) is 19.2 Å². The number of hydrogen-bond acceptors (Lipinski definition) is 4. The molecule has 5 nitrogen and oxygen atoms in total. The molecule has 0 saturated carbocycles. The van der Waals surface area contributed by atoms with Crippen molar-refractivity contribution >= 4 is 23.3 Å². The van der Waals surface area contributed by atoms with Crippen molar-refractivity contribution in [1.29, 1.82) is 0 Å². The van der Waals surface area contributed by atoms with Crippen LogP contribution in [0.3, 0.4) is 0 Å². The number of Topliss-reactive ketones (excluding diaryl/α,β-unsaturated/α-hetero) is 1. The lowest BCUT2D eigenvalue weighted by Gasteiger charge is -2.27. The molecular weight excluding hydrogens is 560 g/mol. The summed E-state index contributed by atoms with van der Waals surface area (Å²) in [5.74, 6) is -4.21. The summed E-state index contributed by atoms with van der Waals surface area (Å²) in [4.78, 5) is 51.6. The standard InChI is InChI=1S/C40H70O5/c1-3-5-7-9-11-13-15-17-19-21-23-25-27-29-31-35(39(44)45)38(43)40(36(41)32-33-37(40)42)34-30-28-26-24-22-20-18-16-14-12-10-8-6-4-2/h32-33,35H,3-31,34H2,1-2H3,(H,44,45). The van der Waals surface area contributed by atoms with Crippen LogP contribution in [-0.2, 0) is 19.2 Å². The number of rotatable bonds is 33. The van der Waals surface area contributed by atoms with Crippen molar-refractivity contribution in [3.8, 4) is 0 Å². The molecule has 0 heterocycles. The van der Waals surface area contributed by atoms with Gasteiger partial charge in [0.25, 0.3) is 0 Å². The van der Waals surface area contributed by atoms with Gasteiger partial charge in [-0.15, -0.1) is 0 Å². The average molecular weight is 631 g/mol. The first kappa shape index (κ1) is 41.2. The molecule has 0 aromatic carbocycles. The Bertz CT molecular complexity index is 811. The van der Waals surface area contributed by atoms with Gasteiger partial charge in [-0.1, -0.05) is 194 Å². The highest BCUT2D eigenvalue weighted by atomic mass is 16.4. The summed E-state index contributed by atoms with van der Waals surface area (Å²) in [6.07, 6.45) is 36.2. The second-order valence-electron chi connectivity index (χ2n) is 14.0. The summed E-state index contributed by atoms with van der Waals surface area (Å²) in [5, 5.41) is 9.93. The normalized spacial score (nSPS) is 14.8. The minimum Gasteiger partial charge on any atom is -0.481 e. The number of carboxylic acid groups (broad SMARTS) is 1. The molecule has 0 aromatic heterocycles. The molecule has 1 N–H and O–H groups in total. The first-order chi connectivity index (χ1) is 21.9. The SMILES string of the molecule is CCCCCCCCCCCCCCCCC(C(=O)O)C(=O)C1(CCCCCCCCCCCCCCCC)C(=O)C=CC1=O. The van der Waals surface area contributed by atoms with Crippen molar-refractivity contribution in [2.24, 2.45) is 11.3 Å². The maximum absolute atomic E-state index is 13.6. The fraction of sp³-hybridized carbons (Fsp3) is 0.850. The van der Waals surface area contributed by atoms with E-state index in [0.717, 1.165) is 38.5 Å². The van der Waals surface area contributed by atoms with Crippen LogP contribution in [0.15, 0.2) is 12.2 Å². The summed E-state index contributed by atoms with van der Waals surface area (Å²) in [6.45, 7) is 4.50. The molecule has 0 radical (unpaired) electrons. The molecule has 1 rings (SSSR count). The zero-order chi connectivity index (χ0) is 33.0. The second-order valence-corrected chi connectivity index (χ2v) is 14.0. The summed E-state index contributed by atoms with van der Waals surface area (Å²) in [7, 11) is 0. The summed E-state index contributed by atoms with van der Waals surface area (Å²) in [5.41, 5.74) is -1.81. The van der Waals surface area contributed by atoms with Gasteiger partial charge >= 0.3 is 5.97 Å². The van der Waals surface area contributed by atoms with Gasteiger partial charge in [0.2, 0.25) is 0 Å². The zero-order valence-electron chi connectivity index (χ0n) is 29.5. The van der Waals surface area contributed by atoms with Crippen LogP contribution in [0.4, 0.5) is 0 Å². The van der Waals surface area contributed by atoms with E-state index >= 15 is 0 Å². The van der Waals surface area contributed by atoms with E-state index in [4.69, 9.17) is 0 Å². The molecular formula is C40H70O5. The smallest absolute Gasteiger partial charge is 0.314 e.